The van der Waals surface area contributed by atoms with E-state index in [0.717, 1.165) is 54.2 Å². The molecule has 0 saturated heterocycles. The molecule has 0 saturated carbocycles. The van der Waals surface area contributed by atoms with Gasteiger partial charge in [0, 0.05) is 17.1 Å². The second-order valence-electron chi connectivity index (χ2n) is 7.97. The van der Waals surface area contributed by atoms with Crippen LogP contribution in [0.15, 0.2) is 66.9 Å². The highest BCUT2D eigenvalue weighted by Crippen LogP contribution is 2.25. The molecule has 3 aromatic carbocycles. The zero-order valence-electron chi connectivity index (χ0n) is 18.6. The fourth-order valence-electron chi connectivity index (χ4n) is 4.07. The van der Waals surface area contributed by atoms with E-state index in [1.807, 2.05) is 54.7 Å². The third kappa shape index (κ3) is 5.23. The Bertz CT molecular complexity index is 1310. The molecule has 0 amide bonds. The minimum absolute atomic E-state index is 0.524. The first-order chi connectivity index (χ1) is 15.5. The van der Waals surface area contributed by atoms with Crippen LogP contribution in [0.5, 0.6) is 0 Å². The van der Waals surface area contributed by atoms with E-state index in [2.05, 4.69) is 33.2 Å². The summed E-state index contributed by atoms with van der Waals surface area (Å²) in [7, 11) is -3.77. The van der Waals surface area contributed by atoms with Gasteiger partial charge in [-0.3, -0.25) is 9.44 Å². The smallest absolute Gasteiger partial charge is 0.321 e. The maximum Gasteiger partial charge on any atom is 0.321 e. The molecule has 0 aliphatic carbocycles. The van der Waals surface area contributed by atoms with Gasteiger partial charge in [0.1, 0.15) is 0 Å². The molecule has 1 aromatic heterocycles. The van der Waals surface area contributed by atoms with Crippen molar-refractivity contribution < 1.29 is 8.42 Å². The van der Waals surface area contributed by atoms with Crippen molar-refractivity contribution in [2.75, 3.05) is 29.1 Å². The monoisotopic (exact) mass is 450 g/mol. The number of rotatable bonds is 10. The fourth-order valence-corrected chi connectivity index (χ4v) is 5.00. The Morgan fingerprint density at radius 1 is 0.875 bits per heavy atom. The number of aryl methyl sites for hydroxylation is 1. The van der Waals surface area contributed by atoms with Crippen molar-refractivity contribution in [3.63, 3.8) is 0 Å². The average Bonchev–Trinajstić information content (AvgIpc) is 3.18. The number of aromatic nitrogens is 1. The minimum atomic E-state index is -3.77. The lowest BCUT2D eigenvalue weighted by Gasteiger charge is -2.17. The highest BCUT2D eigenvalue weighted by molar-refractivity contribution is 7.94. The van der Waals surface area contributed by atoms with Crippen molar-refractivity contribution in [2.45, 2.75) is 26.7 Å². The number of H-pyrrole nitrogens is 1. The van der Waals surface area contributed by atoms with Crippen molar-refractivity contribution in [3.05, 3.63) is 72.4 Å². The number of nitrogens with one attached hydrogen (secondary N) is 3. The molecule has 0 atom stereocenters. The van der Waals surface area contributed by atoms with Crippen LogP contribution in [0.4, 0.5) is 11.4 Å². The van der Waals surface area contributed by atoms with Crippen LogP contribution in [0, 0.1) is 0 Å². The summed E-state index contributed by atoms with van der Waals surface area (Å²) >= 11 is 0. The van der Waals surface area contributed by atoms with Crippen LogP contribution in [0.25, 0.3) is 21.7 Å². The zero-order chi connectivity index (χ0) is 22.6. The van der Waals surface area contributed by atoms with Crippen molar-refractivity contribution in [1.29, 1.82) is 0 Å². The predicted molar refractivity (Wildman–Crippen MR) is 135 cm³/mol. The summed E-state index contributed by atoms with van der Waals surface area (Å²) in [5.74, 6) is 0. The molecule has 0 bridgehead atoms. The van der Waals surface area contributed by atoms with E-state index in [1.165, 1.54) is 5.56 Å². The molecule has 0 radical (unpaired) electrons. The van der Waals surface area contributed by atoms with Gasteiger partial charge >= 0.3 is 10.2 Å². The number of anilines is 2. The van der Waals surface area contributed by atoms with Gasteiger partial charge < -0.3 is 9.88 Å². The number of hydrogen-bond donors (Lipinski definition) is 3. The second-order valence-corrected chi connectivity index (χ2v) is 9.39. The van der Waals surface area contributed by atoms with Gasteiger partial charge in [0.25, 0.3) is 0 Å². The van der Waals surface area contributed by atoms with Crippen LogP contribution in [0.2, 0.25) is 0 Å². The molecule has 7 heteroatoms. The van der Waals surface area contributed by atoms with Crippen LogP contribution in [0.3, 0.4) is 0 Å². The summed E-state index contributed by atoms with van der Waals surface area (Å²) in [5.41, 5.74) is 3.27. The van der Waals surface area contributed by atoms with E-state index in [1.54, 1.807) is 12.1 Å². The molecule has 6 nitrogen and oxygen atoms in total. The van der Waals surface area contributed by atoms with Gasteiger partial charge in [-0.05, 0) is 79.1 Å². The summed E-state index contributed by atoms with van der Waals surface area (Å²) in [6, 6.07) is 19.0. The SMILES string of the molecule is CCN(CC)CCCc1c[nH]c2ccc(NS(=O)(=O)Nc3ccc4ccccc4c3)cc12. The number of hydrogen-bond acceptors (Lipinski definition) is 3. The Balaban J connectivity index is 1.47. The number of aromatic amines is 1. The molecule has 0 aliphatic rings. The number of fused-ring (bicyclic) bond motifs is 2. The first-order valence-corrected chi connectivity index (χ1v) is 12.6. The first kappa shape index (κ1) is 22.2. The standard InChI is InChI=1S/C25H30N4O2S/c1-3-29(4-2)15-7-10-21-18-26-25-14-13-23(17-24(21)25)28-32(30,31)27-22-12-11-19-8-5-6-9-20(19)16-22/h5-6,8-9,11-14,16-18,26-28H,3-4,7,10,15H2,1-2H3. The predicted octanol–water partition coefficient (Wildman–Crippen LogP) is 5.36. The quantitative estimate of drug-likeness (QED) is 0.304. The van der Waals surface area contributed by atoms with Crippen LogP contribution in [-0.4, -0.2) is 37.9 Å². The molecule has 32 heavy (non-hydrogen) atoms. The average molecular weight is 451 g/mol. The summed E-state index contributed by atoms with van der Waals surface area (Å²) < 4.78 is 30.8. The van der Waals surface area contributed by atoms with E-state index in [-0.39, 0.29) is 0 Å². The van der Waals surface area contributed by atoms with Crippen LogP contribution in [0.1, 0.15) is 25.8 Å². The number of nitrogens with zero attached hydrogens (tertiary/aromatic N) is 1. The van der Waals surface area contributed by atoms with E-state index in [4.69, 9.17) is 0 Å². The van der Waals surface area contributed by atoms with Gasteiger partial charge in [-0.25, -0.2) is 0 Å². The van der Waals surface area contributed by atoms with Gasteiger partial charge in [-0.1, -0.05) is 44.2 Å². The molecule has 168 valence electrons. The summed E-state index contributed by atoms with van der Waals surface area (Å²) in [6.45, 7) is 7.53. The van der Waals surface area contributed by atoms with Crippen LogP contribution >= 0.6 is 0 Å². The summed E-state index contributed by atoms with van der Waals surface area (Å²) in [6.07, 6.45) is 4.04. The molecule has 0 spiro atoms. The lowest BCUT2D eigenvalue weighted by molar-refractivity contribution is 0.300. The van der Waals surface area contributed by atoms with E-state index < -0.39 is 10.2 Å². The topological polar surface area (TPSA) is 77.2 Å². The molecule has 4 aromatic rings. The van der Waals surface area contributed by atoms with E-state index >= 15 is 0 Å². The van der Waals surface area contributed by atoms with Crippen molar-refractivity contribution >= 4 is 43.3 Å². The van der Waals surface area contributed by atoms with Gasteiger partial charge in [0.15, 0.2) is 0 Å². The summed E-state index contributed by atoms with van der Waals surface area (Å²) in [4.78, 5) is 5.70. The highest BCUT2D eigenvalue weighted by atomic mass is 32.2. The fraction of sp³-hybridized carbons (Fsp3) is 0.280. The highest BCUT2D eigenvalue weighted by Gasteiger charge is 2.12. The van der Waals surface area contributed by atoms with Crippen LogP contribution in [-0.2, 0) is 16.6 Å². The Hall–Kier alpha value is -3.03. The third-order valence-corrected chi connectivity index (χ3v) is 6.85. The Labute approximate surface area is 189 Å². The molecule has 4 rings (SSSR count). The Morgan fingerprint density at radius 2 is 1.56 bits per heavy atom. The summed E-state index contributed by atoms with van der Waals surface area (Å²) in [5, 5.41) is 3.10. The zero-order valence-corrected chi connectivity index (χ0v) is 19.4. The number of benzene rings is 3. The van der Waals surface area contributed by atoms with Crippen molar-refractivity contribution in [1.82, 2.24) is 9.88 Å². The van der Waals surface area contributed by atoms with E-state index in [0.29, 0.717) is 11.4 Å². The van der Waals surface area contributed by atoms with Crippen molar-refractivity contribution in [3.8, 4) is 0 Å². The largest absolute Gasteiger partial charge is 0.361 e. The normalized spacial score (nSPS) is 12.0. The maximum atomic E-state index is 12.7. The molecular formula is C25H30N4O2S. The maximum absolute atomic E-state index is 12.7. The van der Waals surface area contributed by atoms with Crippen molar-refractivity contribution in [2.24, 2.45) is 0 Å². The second kappa shape index (κ2) is 9.63. The molecule has 3 N–H and O–H groups in total. The Kier molecular flexibility index (Phi) is 6.67. The molecular weight excluding hydrogens is 420 g/mol. The van der Waals surface area contributed by atoms with Crippen LogP contribution < -0.4 is 9.44 Å². The molecule has 0 unspecified atom stereocenters. The lowest BCUT2D eigenvalue weighted by Crippen LogP contribution is -2.24. The minimum Gasteiger partial charge on any atom is -0.361 e. The Morgan fingerprint density at radius 3 is 2.31 bits per heavy atom. The van der Waals surface area contributed by atoms with Gasteiger partial charge in [-0.15, -0.1) is 0 Å². The van der Waals surface area contributed by atoms with Gasteiger partial charge in [0.2, 0.25) is 0 Å². The lowest BCUT2D eigenvalue weighted by atomic mass is 10.1. The first-order valence-electron chi connectivity index (χ1n) is 11.1. The van der Waals surface area contributed by atoms with E-state index in [9.17, 15) is 8.42 Å². The molecule has 1 heterocycles. The van der Waals surface area contributed by atoms with Gasteiger partial charge in [-0.2, -0.15) is 8.42 Å². The molecule has 0 aliphatic heterocycles. The molecule has 0 fully saturated rings. The van der Waals surface area contributed by atoms with Gasteiger partial charge in [0.05, 0.1) is 11.4 Å². The third-order valence-electron chi connectivity index (χ3n) is 5.84.